The summed E-state index contributed by atoms with van der Waals surface area (Å²) in [4.78, 5) is 0. The first-order valence-corrected chi connectivity index (χ1v) is 22.9. The van der Waals surface area contributed by atoms with Gasteiger partial charge in [-0.15, -0.1) is 69.1 Å². The predicted molar refractivity (Wildman–Crippen MR) is 185 cm³/mol. The fourth-order valence-electron chi connectivity index (χ4n) is 4.95. The average molecular weight is 681 g/mol. The normalized spacial score (nSPS) is 11.2. The molecule has 0 aromatic heterocycles. The molecule has 0 N–H and O–H groups in total. The molecule has 0 aliphatic carbocycles. The van der Waals surface area contributed by atoms with Crippen LogP contribution in [0.2, 0.25) is 13.1 Å². The summed E-state index contributed by atoms with van der Waals surface area (Å²) in [6.07, 6.45) is 1.21. The van der Waals surface area contributed by atoms with Crippen molar-refractivity contribution in [2.45, 2.75) is 85.7 Å². The molecule has 0 nitrogen and oxygen atoms in total. The standard InChI is InChI=1S/C19H19.C16H21.C2H6Si.2ClH.Zr/c1-13(2)15-7-9-16(10-8-15)18-6-4-5-17-11-14(3)12-19(17)18;1-5-12(4)15-8-6-7-13-9-14(11(2)3)10-16(13)15;1-3-2;;;/h4-13H,1-3H3;6-12H,5H2,1-4H3;1-2H3;2*1H;/q2*-1;;;;+4/p-2. The van der Waals surface area contributed by atoms with E-state index in [9.17, 15) is 0 Å². The topological polar surface area (TPSA) is 0 Å². The number of aryl methyl sites for hydroxylation is 1. The van der Waals surface area contributed by atoms with Crippen molar-refractivity contribution in [2.24, 2.45) is 0 Å². The van der Waals surface area contributed by atoms with Gasteiger partial charge in [0, 0.05) is 9.52 Å². The van der Waals surface area contributed by atoms with Crippen LogP contribution < -0.4 is 0 Å². The Morgan fingerprint density at radius 1 is 0.756 bits per heavy atom. The van der Waals surface area contributed by atoms with E-state index in [0.29, 0.717) is 17.8 Å². The summed E-state index contributed by atoms with van der Waals surface area (Å²) in [6.45, 7) is 20.0. The van der Waals surface area contributed by atoms with Crippen LogP contribution in [-0.4, -0.2) is 9.52 Å². The summed E-state index contributed by atoms with van der Waals surface area (Å²) in [5, 5.41) is 5.56. The van der Waals surface area contributed by atoms with Gasteiger partial charge in [-0.25, -0.2) is 0 Å². The van der Waals surface area contributed by atoms with E-state index in [1.165, 1.54) is 61.3 Å². The van der Waals surface area contributed by atoms with Gasteiger partial charge >= 0.3 is 37.9 Å². The number of halogens is 2. The molecule has 5 aromatic rings. The third-order valence-electron chi connectivity index (χ3n) is 7.40. The van der Waals surface area contributed by atoms with Crippen LogP contribution in [0.1, 0.15) is 88.0 Å². The Hall–Kier alpha value is -1.44. The summed E-state index contributed by atoms with van der Waals surface area (Å²) in [6, 6.07) is 31.5. The zero-order valence-corrected chi connectivity index (χ0v) is 31.2. The van der Waals surface area contributed by atoms with Crippen LogP contribution in [0.25, 0.3) is 32.7 Å². The zero-order valence-electron chi connectivity index (χ0n) is 26.3. The molecule has 5 rings (SSSR count). The van der Waals surface area contributed by atoms with Gasteiger partial charge in [-0.1, -0.05) is 116 Å². The van der Waals surface area contributed by atoms with Gasteiger partial charge in [0.2, 0.25) is 0 Å². The van der Waals surface area contributed by atoms with Gasteiger partial charge in [0.15, 0.2) is 0 Å². The van der Waals surface area contributed by atoms with Gasteiger partial charge in [0.1, 0.15) is 0 Å². The number of benzene rings is 3. The van der Waals surface area contributed by atoms with Gasteiger partial charge in [-0.2, -0.15) is 12.1 Å². The monoisotopic (exact) mass is 678 g/mol. The molecule has 216 valence electrons. The van der Waals surface area contributed by atoms with Crippen LogP contribution in [0, 0.1) is 6.92 Å². The third kappa shape index (κ3) is 10.4. The Labute approximate surface area is 271 Å². The summed E-state index contributed by atoms with van der Waals surface area (Å²) in [5.74, 6) is 1.87. The first-order chi connectivity index (χ1) is 19.6. The van der Waals surface area contributed by atoms with Gasteiger partial charge < -0.3 is 0 Å². The Morgan fingerprint density at radius 3 is 1.85 bits per heavy atom. The second kappa shape index (κ2) is 18.3. The number of hydrogen-bond donors (Lipinski definition) is 0. The van der Waals surface area contributed by atoms with Crippen molar-refractivity contribution in [1.82, 2.24) is 0 Å². The summed E-state index contributed by atoms with van der Waals surface area (Å²) in [7, 11) is 11.0. The van der Waals surface area contributed by atoms with Crippen molar-refractivity contribution in [3.8, 4) is 11.1 Å². The van der Waals surface area contributed by atoms with E-state index in [4.69, 9.17) is 17.0 Å². The summed E-state index contributed by atoms with van der Waals surface area (Å²) >= 11 is -0.826. The fourth-order valence-corrected chi connectivity index (χ4v) is 4.95. The minimum absolute atomic E-state index is 0.589. The molecule has 0 fully saturated rings. The summed E-state index contributed by atoms with van der Waals surface area (Å²) in [5.41, 5.74) is 8.34. The molecule has 1 atom stereocenters. The molecular formula is C37H46Cl2SiZr. The second-order valence-corrected chi connectivity index (χ2v) is 16.0. The molecule has 0 aliphatic heterocycles. The van der Waals surface area contributed by atoms with Crippen LogP contribution >= 0.6 is 17.0 Å². The van der Waals surface area contributed by atoms with Crippen LogP contribution in [0.3, 0.4) is 0 Å². The Bertz CT molecular complexity index is 1440. The Morgan fingerprint density at radius 2 is 1.32 bits per heavy atom. The summed E-state index contributed by atoms with van der Waals surface area (Å²) < 4.78 is 0. The van der Waals surface area contributed by atoms with Gasteiger partial charge in [0.25, 0.3) is 0 Å². The van der Waals surface area contributed by atoms with Crippen molar-refractivity contribution in [3.63, 3.8) is 0 Å². The second-order valence-electron chi connectivity index (χ2n) is 11.3. The Balaban J connectivity index is 0.000000244. The number of fused-ring (bicyclic) bond motifs is 2. The van der Waals surface area contributed by atoms with Crippen LogP contribution in [0.4, 0.5) is 0 Å². The fraction of sp³-hybridized carbons (Fsp3) is 0.351. The number of rotatable bonds is 5. The van der Waals surface area contributed by atoms with E-state index in [1.54, 1.807) is 0 Å². The SMILES string of the molecule is CCC(C)c1cccc2[cH-]c(C(C)C)cc12.C[Si]C.Cc1cc2c(-c3ccc(C(C)C)cc3)cccc2[cH-]1.[Cl][Zr+2][Cl]. The van der Waals surface area contributed by atoms with Crippen molar-refractivity contribution in [1.29, 1.82) is 0 Å². The van der Waals surface area contributed by atoms with E-state index < -0.39 is 20.8 Å². The van der Waals surface area contributed by atoms with Gasteiger partial charge in [0.05, 0.1) is 0 Å². The average Bonchev–Trinajstić information content (AvgIpc) is 3.57. The zero-order chi connectivity index (χ0) is 30.5. The molecule has 4 heteroatoms. The molecule has 0 aliphatic rings. The van der Waals surface area contributed by atoms with Crippen molar-refractivity contribution in [2.75, 3.05) is 0 Å². The quantitative estimate of drug-likeness (QED) is 0.128. The maximum atomic E-state index is 4.93. The van der Waals surface area contributed by atoms with Crippen molar-refractivity contribution >= 4 is 48.1 Å². The first kappa shape index (κ1) is 35.8. The predicted octanol–water partition coefficient (Wildman–Crippen LogP) is 13.0. The molecule has 0 spiro atoms. The molecule has 0 heterocycles. The van der Waals surface area contributed by atoms with Gasteiger partial charge in [-0.3, -0.25) is 0 Å². The van der Waals surface area contributed by atoms with Crippen LogP contribution in [-0.2, 0) is 20.8 Å². The molecule has 5 aromatic carbocycles. The van der Waals surface area contributed by atoms with E-state index in [1.807, 2.05) is 0 Å². The molecule has 2 radical (unpaired) electrons. The molecule has 0 amide bonds. The number of hydrogen-bond acceptors (Lipinski definition) is 0. The van der Waals surface area contributed by atoms with Crippen molar-refractivity contribution < 1.29 is 20.8 Å². The van der Waals surface area contributed by atoms with E-state index in [-0.39, 0.29) is 0 Å². The molecule has 41 heavy (non-hydrogen) atoms. The first-order valence-electron chi connectivity index (χ1n) is 14.6. The van der Waals surface area contributed by atoms with E-state index in [2.05, 4.69) is 146 Å². The minimum atomic E-state index is -0.826. The third-order valence-corrected chi connectivity index (χ3v) is 7.40. The van der Waals surface area contributed by atoms with Crippen LogP contribution in [0.15, 0.2) is 84.9 Å². The maximum absolute atomic E-state index is 4.93. The molecule has 0 saturated carbocycles. The van der Waals surface area contributed by atoms with E-state index >= 15 is 0 Å². The molecule has 1 unspecified atom stereocenters. The molecule has 0 bridgehead atoms. The molecule has 0 saturated heterocycles. The van der Waals surface area contributed by atoms with Gasteiger partial charge in [-0.05, 0) is 28.9 Å². The van der Waals surface area contributed by atoms with Crippen molar-refractivity contribution in [3.05, 3.63) is 107 Å². The van der Waals surface area contributed by atoms with E-state index in [0.717, 1.165) is 9.52 Å². The molecular weight excluding hydrogens is 635 g/mol. The van der Waals surface area contributed by atoms with Crippen LogP contribution in [0.5, 0.6) is 0 Å². The Kier molecular flexibility index (Phi) is 15.9.